The summed E-state index contributed by atoms with van der Waals surface area (Å²) >= 11 is 0. The van der Waals surface area contributed by atoms with Crippen LogP contribution < -0.4 is 10.9 Å². The van der Waals surface area contributed by atoms with Gasteiger partial charge in [0.25, 0.3) is 0 Å². The molecule has 3 aromatic carbocycles. The molecule has 7 heteroatoms. The molecule has 6 nitrogen and oxygen atoms in total. The molecule has 0 amide bonds. The first-order valence-corrected chi connectivity index (χ1v) is 8.67. The summed E-state index contributed by atoms with van der Waals surface area (Å²) < 4.78 is 10.2. The molecular weight excluding hydrogens is 394 g/mol. The SMILES string of the molecule is COC(=O)c1ccc(NCc2c(O)ccc3c2oc(=O)c2ccccc23)cc1.Cl. The van der Waals surface area contributed by atoms with Gasteiger partial charge in [-0.15, -0.1) is 12.4 Å². The van der Waals surface area contributed by atoms with Crippen molar-refractivity contribution in [3.63, 3.8) is 0 Å². The van der Waals surface area contributed by atoms with Crippen molar-refractivity contribution in [1.29, 1.82) is 0 Å². The van der Waals surface area contributed by atoms with Crippen molar-refractivity contribution in [2.24, 2.45) is 0 Å². The number of phenols is 1. The highest BCUT2D eigenvalue weighted by atomic mass is 35.5. The molecule has 1 aromatic heterocycles. The Hall–Kier alpha value is -3.51. The van der Waals surface area contributed by atoms with Crippen molar-refractivity contribution in [1.82, 2.24) is 0 Å². The number of nitrogens with one attached hydrogen (secondary N) is 1. The van der Waals surface area contributed by atoms with Crippen molar-refractivity contribution < 1.29 is 19.1 Å². The minimum atomic E-state index is -0.447. The summed E-state index contributed by atoms with van der Waals surface area (Å²) in [6, 6.07) is 17.3. The molecule has 2 N–H and O–H groups in total. The lowest BCUT2D eigenvalue weighted by molar-refractivity contribution is 0.0601. The molecule has 4 aromatic rings. The third-order valence-electron chi connectivity index (χ3n) is 4.64. The number of esters is 1. The smallest absolute Gasteiger partial charge is 0.344 e. The van der Waals surface area contributed by atoms with Gasteiger partial charge >= 0.3 is 11.6 Å². The van der Waals surface area contributed by atoms with E-state index in [1.54, 1.807) is 48.5 Å². The molecule has 0 aliphatic rings. The predicted molar refractivity (Wildman–Crippen MR) is 114 cm³/mol. The van der Waals surface area contributed by atoms with E-state index < -0.39 is 11.6 Å². The van der Waals surface area contributed by atoms with E-state index in [4.69, 9.17) is 4.42 Å². The van der Waals surface area contributed by atoms with E-state index in [2.05, 4.69) is 10.1 Å². The average molecular weight is 412 g/mol. The van der Waals surface area contributed by atoms with Gasteiger partial charge in [0.1, 0.15) is 11.3 Å². The van der Waals surface area contributed by atoms with Crippen LogP contribution in [0.5, 0.6) is 5.75 Å². The number of fused-ring (bicyclic) bond motifs is 3. The van der Waals surface area contributed by atoms with Crippen molar-refractivity contribution in [2.45, 2.75) is 6.54 Å². The topological polar surface area (TPSA) is 88.8 Å². The number of halogens is 1. The number of carbonyl (C=O) groups excluding carboxylic acids is 1. The zero-order chi connectivity index (χ0) is 19.7. The molecule has 148 valence electrons. The summed E-state index contributed by atoms with van der Waals surface area (Å²) in [6.07, 6.45) is 0. The van der Waals surface area contributed by atoms with Gasteiger partial charge in [-0.1, -0.05) is 18.2 Å². The number of rotatable bonds is 4. The summed E-state index contributed by atoms with van der Waals surface area (Å²) in [5.41, 5.74) is 1.57. The summed E-state index contributed by atoms with van der Waals surface area (Å²) in [4.78, 5) is 23.9. The van der Waals surface area contributed by atoms with Gasteiger partial charge < -0.3 is 19.6 Å². The molecule has 0 bridgehead atoms. The summed E-state index contributed by atoms with van der Waals surface area (Å²) in [7, 11) is 1.33. The van der Waals surface area contributed by atoms with Crippen LogP contribution in [-0.4, -0.2) is 18.2 Å². The van der Waals surface area contributed by atoms with Crippen LogP contribution >= 0.6 is 12.4 Å². The molecular formula is C22H18ClNO5. The average Bonchev–Trinajstić information content (AvgIpc) is 2.73. The molecule has 1 heterocycles. The van der Waals surface area contributed by atoms with E-state index in [9.17, 15) is 14.7 Å². The standard InChI is InChI=1S/C22H17NO5.ClH/c1-27-21(25)13-6-8-14(9-7-13)23-12-18-19(24)11-10-16-15-4-2-3-5-17(15)22(26)28-20(16)18;/h2-11,23-24H,12H2,1H3;1H. The Morgan fingerprint density at radius 3 is 2.38 bits per heavy atom. The lowest BCUT2D eigenvalue weighted by Gasteiger charge is -2.12. The number of aromatic hydroxyl groups is 1. The lowest BCUT2D eigenvalue weighted by Crippen LogP contribution is -2.05. The molecule has 0 aliphatic carbocycles. The first kappa shape index (κ1) is 20.2. The highest BCUT2D eigenvalue weighted by Gasteiger charge is 2.14. The van der Waals surface area contributed by atoms with Crippen LogP contribution in [0, 0.1) is 0 Å². The Morgan fingerprint density at radius 1 is 1.00 bits per heavy atom. The second-order valence-electron chi connectivity index (χ2n) is 6.30. The number of benzene rings is 3. The Kier molecular flexibility index (Phi) is 5.75. The van der Waals surface area contributed by atoms with Crippen LogP contribution in [-0.2, 0) is 11.3 Å². The number of methoxy groups -OCH3 is 1. The van der Waals surface area contributed by atoms with E-state index >= 15 is 0 Å². The van der Waals surface area contributed by atoms with Crippen LogP contribution in [0.4, 0.5) is 5.69 Å². The Labute approximate surface area is 172 Å². The van der Waals surface area contributed by atoms with Crippen LogP contribution in [0.25, 0.3) is 21.7 Å². The molecule has 0 fully saturated rings. The number of phenolic OH excluding ortho intramolecular Hbond substituents is 1. The summed E-state index contributed by atoms with van der Waals surface area (Å²) in [5.74, 6) is -0.378. The highest BCUT2D eigenvalue weighted by molar-refractivity contribution is 6.05. The van der Waals surface area contributed by atoms with E-state index in [0.29, 0.717) is 22.1 Å². The fourth-order valence-corrected chi connectivity index (χ4v) is 3.19. The number of ether oxygens (including phenoxy) is 1. The number of anilines is 1. The van der Waals surface area contributed by atoms with Crippen molar-refractivity contribution in [3.05, 3.63) is 82.2 Å². The Morgan fingerprint density at radius 2 is 1.69 bits per heavy atom. The van der Waals surface area contributed by atoms with Crippen molar-refractivity contribution in [2.75, 3.05) is 12.4 Å². The minimum absolute atomic E-state index is 0. The molecule has 0 radical (unpaired) electrons. The maximum Gasteiger partial charge on any atom is 0.344 e. The van der Waals surface area contributed by atoms with Crippen LogP contribution in [0.15, 0.2) is 69.9 Å². The molecule has 29 heavy (non-hydrogen) atoms. The first-order valence-electron chi connectivity index (χ1n) is 8.67. The number of hydrogen-bond acceptors (Lipinski definition) is 6. The molecule has 0 aliphatic heterocycles. The maximum atomic E-state index is 12.3. The zero-order valence-corrected chi connectivity index (χ0v) is 16.3. The van der Waals surface area contributed by atoms with Crippen LogP contribution in [0.2, 0.25) is 0 Å². The van der Waals surface area contributed by atoms with Gasteiger partial charge in [0, 0.05) is 17.6 Å². The fraction of sp³-hybridized carbons (Fsp3) is 0.0909. The Balaban J connectivity index is 0.00000240. The first-order chi connectivity index (χ1) is 13.6. The maximum absolute atomic E-state index is 12.3. The molecule has 0 spiro atoms. The largest absolute Gasteiger partial charge is 0.507 e. The number of carbonyl (C=O) groups is 1. The summed E-state index contributed by atoms with van der Waals surface area (Å²) in [5, 5.41) is 15.5. The molecule has 4 rings (SSSR count). The van der Waals surface area contributed by atoms with E-state index in [0.717, 1.165) is 16.5 Å². The predicted octanol–water partition coefficient (Wildman–Crippen LogP) is 4.47. The van der Waals surface area contributed by atoms with Gasteiger partial charge in [-0.05, 0) is 47.9 Å². The second-order valence-corrected chi connectivity index (χ2v) is 6.30. The van der Waals surface area contributed by atoms with Gasteiger partial charge in [-0.2, -0.15) is 0 Å². The van der Waals surface area contributed by atoms with Gasteiger partial charge in [-0.3, -0.25) is 0 Å². The normalized spacial score (nSPS) is 10.5. The molecule has 0 saturated heterocycles. The number of hydrogen-bond donors (Lipinski definition) is 2. The minimum Gasteiger partial charge on any atom is -0.507 e. The highest BCUT2D eigenvalue weighted by Crippen LogP contribution is 2.31. The second kappa shape index (κ2) is 8.24. The fourth-order valence-electron chi connectivity index (χ4n) is 3.19. The van der Waals surface area contributed by atoms with Gasteiger partial charge in [0.05, 0.1) is 23.6 Å². The molecule has 0 atom stereocenters. The van der Waals surface area contributed by atoms with Gasteiger partial charge in [-0.25, -0.2) is 9.59 Å². The van der Waals surface area contributed by atoms with E-state index in [1.165, 1.54) is 7.11 Å². The summed E-state index contributed by atoms with van der Waals surface area (Å²) in [6.45, 7) is 0.238. The molecule has 0 saturated carbocycles. The third-order valence-corrected chi connectivity index (χ3v) is 4.64. The van der Waals surface area contributed by atoms with Crippen LogP contribution in [0.1, 0.15) is 15.9 Å². The Bertz CT molecular complexity index is 1250. The van der Waals surface area contributed by atoms with E-state index in [-0.39, 0.29) is 24.7 Å². The third kappa shape index (κ3) is 3.75. The molecule has 0 unspecified atom stereocenters. The van der Waals surface area contributed by atoms with Gasteiger partial charge in [0.15, 0.2) is 0 Å². The van der Waals surface area contributed by atoms with Crippen LogP contribution in [0.3, 0.4) is 0 Å². The van der Waals surface area contributed by atoms with Gasteiger partial charge in [0.2, 0.25) is 0 Å². The zero-order valence-electron chi connectivity index (χ0n) is 15.5. The van der Waals surface area contributed by atoms with Crippen molar-refractivity contribution >= 4 is 45.8 Å². The quantitative estimate of drug-likeness (QED) is 0.292. The lowest BCUT2D eigenvalue weighted by atomic mass is 10.0. The van der Waals surface area contributed by atoms with E-state index in [1.807, 2.05) is 12.1 Å². The monoisotopic (exact) mass is 411 g/mol. The van der Waals surface area contributed by atoms with Crippen molar-refractivity contribution in [3.8, 4) is 5.75 Å².